The lowest BCUT2D eigenvalue weighted by atomic mass is 9.71. The van der Waals surface area contributed by atoms with Gasteiger partial charge in [0.15, 0.2) is 0 Å². The first-order chi connectivity index (χ1) is 13.2. The minimum absolute atomic E-state index is 0.00724. The Morgan fingerprint density at radius 3 is 2.74 bits per heavy atom. The summed E-state index contributed by atoms with van der Waals surface area (Å²) in [6, 6.07) is 8.79. The minimum Gasteiger partial charge on any atom is -0.395 e. The number of rotatable bonds is 5. The van der Waals surface area contributed by atoms with Crippen molar-refractivity contribution in [1.29, 1.82) is 0 Å². The van der Waals surface area contributed by atoms with Crippen molar-refractivity contribution < 1.29 is 9.90 Å². The number of nitrogens with one attached hydrogen (secondary N) is 1. The van der Waals surface area contributed by atoms with Crippen LogP contribution in [0.3, 0.4) is 0 Å². The maximum Gasteiger partial charge on any atom is 0.321 e. The molecule has 5 heteroatoms. The molecule has 0 bridgehead atoms. The molecule has 2 fully saturated rings. The maximum absolute atomic E-state index is 12.8. The third-order valence-corrected chi connectivity index (χ3v) is 6.79. The molecule has 1 aromatic rings. The SMILES string of the molecule is CCCNC(=O)N1C[C@@H]2[C@H](c3ccccc31)[C@H](CO)N2CC1CCCCC1. The van der Waals surface area contributed by atoms with Crippen LogP contribution in [0, 0.1) is 5.92 Å². The van der Waals surface area contributed by atoms with Gasteiger partial charge in [0, 0.05) is 43.3 Å². The molecule has 3 aliphatic rings. The lowest BCUT2D eigenvalue weighted by Gasteiger charge is -2.59. The average molecular weight is 372 g/mol. The molecule has 1 saturated carbocycles. The van der Waals surface area contributed by atoms with E-state index in [-0.39, 0.29) is 18.7 Å². The van der Waals surface area contributed by atoms with Crippen LogP contribution in [0.25, 0.3) is 0 Å². The summed E-state index contributed by atoms with van der Waals surface area (Å²) in [5.41, 5.74) is 2.24. The number of carbonyl (C=O) groups is 1. The van der Waals surface area contributed by atoms with Crippen molar-refractivity contribution in [2.75, 3.05) is 31.1 Å². The fraction of sp³-hybridized carbons (Fsp3) is 0.682. The predicted molar refractivity (Wildman–Crippen MR) is 108 cm³/mol. The molecule has 1 aromatic carbocycles. The van der Waals surface area contributed by atoms with E-state index in [1.165, 1.54) is 37.7 Å². The van der Waals surface area contributed by atoms with Gasteiger partial charge in [0.25, 0.3) is 0 Å². The van der Waals surface area contributed by atoms with Gasteiger partial charge < -0.3 is 10.4 Å². The summed E-state index contributed by atoms with van der Waals surface area (Å²) in [7, 11) is 0. The highest BCUT2D eigenvalue weighted by atomic mass is 16.3. The number of fused-ring (bicyclic) bond motifs is 3. The molecule has 3 atom stereocenters. The van der Waals surface area contributed by atoms with Crippen LogP contribution in [0.4, 0.5) is 10.5 Å². The number of urea groups is 1. The number of hydrogen-bond donors (Lipinski definition) is 2. The molecule has 4 rings (SSSR count). The van der Waals surface area contributed by atoms with Gasteiger partial charge in [0.2, 0.25) is 0 Å². The van der Waals surface area contributed by atoms with Crippen molar-refractivity contribution >= 4 is 11.7 Å². The molecule has 1 saturated heterocycles. The molecule has 148 valence electrons. The first kappa shape index (κ1) is 18.8. The normalized spacial score (nSPS) is 28.2. The van der Waals surface area contributed by atoms with Crippen molar-refractivity contribution in [3.63, 3.8) is 0 Å². The van der Waals surface area contributed by atoms with Crippen LogP contribution in [0.5, 0.6) is 0 Å². The number of likely N-dealkylation sites (tertiary alicyclic amines) is 1. The Balaban J connectivity index is 1.56. The second-order valence-corrected chi connectivity index (χ2v) is 8.45. The Morgan fingerprint density at radius 1 is 1.22 bits per heavy atom. The van der Waals surface area contributed by atoms with E-state index < -0.39 is 0 Å². The minimum atomic E-state index is 0.00724. The zero-order chi connectivity index (χ0) is 18.8. The molecule has 1 aliphatic carbocycles. The van der Waals surface area contributed by atoms with E-state index in [0.29, 0.717) is 18.5 Å². The lowest BCUT2D eigenvalue weighted by molar-refractivity contribution is -0.0542. The first-order valence-electron chi connectivity index (χ1n) is 10.8. The van der Waals surface area contributed by atoms with Crippen LogP contribution in [-0.4, -0.2) is 54.4 Å². The maximum atomic E-state index is 12.8. The fourth-order valence-corrected chi connectivity index (χ4v) is 5.42. The molecule has 0 radical (unpaired) electrons. The van der Waals surface area contributed by atoms with Crippen molar-refractivity contribution in [3.8, 4) is 0 Å². The fourth-order valence-electron chi connectivity index (χ4n) is 5.42. The van der Waals surface area contributed by atoms with Gasteiger partial charge in [-0.3, -0.25) is 9.80 Å². The molecule has 0 spiro atoms. The van der Waals surface area contributed by atoms with E-state index in [9.17, 15) is 9.90 Å². The number of anilines is 1. The zero-order valence-corrected chi connectivity index (χ0v) is 16.4. The summed E-state index contributed by atoms with van der Waals surface area (Å²) in [5, 5.41) is 13.2. The number of aliphatic hydroxyl groups is 1. The lowest BCUT2D eigenvalue weighted by Crippen LogP contribution is -2.70. The van der Waals surface area contributed by atoms with Crippen molar-refractivity contribution in [2.45, 2.75) is 63.5 Å². The highest BCUT2D eigenvalue weighted by molar-refractivity contribution is 5.94. The van der Waals surface area contributed by atoms with Gasteiger partial charge in [-0.05, 0) is 36.8 Å². The molecule has 0 unspecified atom stereocenters. The number of benzene rings is 1. The van der Waals surface area contributed by atoms with Gasteiger partial charge in [-0.1, -0.05) is 44.4 Å². The summed E-state index contributed by atoms with van der Waals surface area (Å²) in [4.78, 5) is 17.2. The number of para-hydroxylation sites is 1. The second kappa shape index (κ2) is 8.19. The summed E-state index contributed by atoms with van der Waals surface area (Å²) in [6.45, 7) is 4.77. The van der Waals surface area contributed by atoms with Crippen molar-refractivity contribution in [3.05, 3.63) is 29.8 Å². The Hall–Kier alpha value is -1.59. The second-order valence-electron chi connectivity index (χ2n) is 8.45. The van der Waals surface area contributed by atoms with Gasteiger partial charge in [0.05, 0.1) is 6.61 Å². The Kier molecular flexibility index (Phi) is 5.69. The van der Waals surface area contributed by atoms with E-state index in [4.69, 9.17) is 0 Å². The van der Waals surface area contributed by atoms with Crippen molar-refractivity contribution in [2.24, 2.45) is 5.92 Å². The molecule has 2 amide bonds. The number of hydrogen-bond acceptors (Lipinski definition) is 3. The zero-order valence-electron chi connectivity index (χ0n) is 16.4. The first-order valence-corrected chi connectivity index (χ1v) is 10.8. The van der Waals surface area contributed by atoms with E-state index in [1.54, 1.807) is 0 Å². The summed E-state index contributed by atoms with van der Waals surface area (Å²) in [5.74, 6) is 1.08. The predicted octanol–water partition coefficient (Wildman–Crippen LogP) is 3.34. The molecule has 0 aromatic heterocycles. The molecular formula is C22H33N3O2. The Labute approximate surface area is 162 Å². The summed E-state index contributed by atoms with van der Waals surface area (Å²) in [6.07, 6.45) is 7.60. The van der Waals surface area contributed by atoms with Crippen molar-refractivity contribution in [1.82, 2.24) is 10.2 Å². The van der Waals surface area contributed by atoms with Crippen LogP contribution in [-0.2, 0) is 0 Å². The van der Waals surface area contributed by atoms with Gasteiger partial charge >= 0.3 is 6.03 Å². The van der Waals surface area contributed by atoms with Crippen LogP contribution in [0.15, 0.2) is 24.3 Å². The number of aliphatic hydroxyl groups excluding tert-OH is 1. The van der Waals surface area contributed by atoms with Crippen LogP contribution in [0.2, 0.25) is 0 Å². The number of amides is 2. The highest BCUT2D eigenvalue weighted by Gasteiger charge is 2.53. The van der Waals surface area contributed by atoms with Gasteiger partial charge in [0.1, 0.15) is 0 Å². The van der Waals surface area contributed by atoms with E-state index >= 15 is 0 Å². The van der Waals surface area contributed by atoms with E-state index in [1.807, 2.05) is 11.0 Å². The van der Waals surface area contributed by atoms with Crippen LogP contribution < -0.4 is 10.2 Å². The Bertz CT molecular complexity index is 659. The van der Waals surface area contributed by atoms with Crippen LogP contribution in [0.1, 0.15) is 56.9 Å². The van der Waals surface area contributed by atoms with E-state index in [2.05, 4.69) is 35.3 Å². The summed E-state index contributed by atoms with van der Waals surface area (Å²) < 4.78 is 0. The molecule has 5 nitrogen and oxygen atoms in total. The van der Waals surface area contributed by atoms with Gasteiger partial charge in [-0.25, -0.2) is 4.79 Å². The number of nitrogens with zero attached hydrogens (tertiary/aromatic N) is 2. The monoisotopic (exact) mass is 371 g/mol. The standard InChI is InChI=1S/C22H33N3O2/c1-2-12-23-22(27)25-14-19-21(17-10-6-7-11-18(17)25)20(15-26)24(19)13-16-8-4-3-5-9-16/h6-7,10-11,16,19-21,26H,2-5,8-9,12-15H2,1H3,(H,23,27)/t19-,20+,21+/m1/s1. The third kappa shape index (κ3) is 3.47. The highest BCUT2D eigenvalue weighted by Crippen LogP contribution is 2.48. The van der Waals surface area contributed by atoms with Gasteiger partial charge in [-0.15, -0.1) is 0 Å². The molecular weight excluding hydrogens is 338 g/mol. The smallest absolute Gasteiger partial charge is 0.321 e. The molecule has 2 N–H and O–H groups in total. The topological polar surface area (TPSA) is 55.8 Å². The van der Waals surface area contributed by atoms with E-state index in [0.717, 1.165) is 31.1 Å². The largest absolute Gasteiger partial charge is 0.395 e. The molecule has 2 heterocycles. The molecule has 2 aliphatic heterocycles. The Morgan fingerprint density at radius 2 is 2.00 bits per heavy atom. The summed E-state index contributed by atoms with van der Waals surface area (Å²) >= 11 is 0. The average Bonchev–Trinajstić information content (AvgIpc) is 2.71. The number of carbonyl (C=O) groups excluding carboxylic acids is 1. The van der Waals surface area contributed by atoms with Crippen LogP contribution >= 0.6 is 0 Å². The van der Waals surface area contributed by atoms with Gasteiger partial charge in [-0.2, -0.15) is 0 Å². The third-order valence-electron chi connectivity index (χ3n) is 6.79. The molecule has 27 heavy (non-hydrogen) atoms. The quantitative estimate of drug-likeness (QED) is 0.835.